The Balaban J connectivity index is 3.59. The lowest BCUT2D eigenvalue weighted by atomic mass is 10.1. The smallest absolute Gasteiger partial charge is 0.0477 e. The van der Waals surface area contributed by atoms with Gasteiger partial charge in [-0.3, -0.25) is 4.90 Å². The van der Waals surface area contributed by atoms with Gasteiger partial charge in [0.25, 0.3) is 0 Å². The van der Waals surface area contributed by atoms with Gasteiger partial charge in [-0.15, -0.1) is 0 Å². The zero-order valence-electron chi connectivity index (χ0n) is 12.5. The molecule has 17 heavy (non-hydrogen) atoms. The lowest BCUT2D eigenvalue weighted by Crippen LogP contribution is -2.43. The van der Waals surface area contributed by atoms with Gasteiger partial charge in [-0.05, 0) is 46.7 Å². The van der Waals surface area contributed by atoms with Gasteiger partial charge in [0.15, 0.2) is 0 Å². The summed E-state index contributed by atoms with van der Waals surface area (Å²) in [5.41, 5.74) is 0. The normalized spacial score (nSPS) is 13.6. The molecule has 0 heterocycles. The van der Waals surface area contributed by atoms with Crippen molar-refractivity contribution >= 4 is 0 Å². The molecule has 0 rings (SSSR count). The van der Waals surface area contributed by atoms with Crippen LogP contribution in [0.3, 0.4) is 0 Å². The van der Waals surface area contributed by atoms with E-state index in [1.807, 2.05) is 6.92 Å². The minimum atomic E-state index is 0.604. The van der Waals surface area contributed by atoms with E-state index in [1.165, 1.54) is 12.8 Å². The molecule has 0 aliphatic heterocycles. The van der Waals surface area contributed by atoms with Gasteiger partial charge in [-0.2, -0.15) is 0 Å². The largest absolute Gasteiger partial charge is 0.382 e. The van der Waals surface area contributed by atoms with E-state index in [0.29, 0.717) is 6.04 Å². The van der Waals surface area contributed by atoms with Crippen LogP contribution in [0.15, 0.2) is 0 Å². The molecule has 0 fully saturated rings. The minimum absolute atomic E-state index is 0.604. The van der Waals surface area contributed by atoms with Crippen LogP contribution in [0.5, 0.6) is 0 Å². The van der Waals surface area contributed by atoms with Crippen molar-refractivity contribution in [3.63, 3.8) is 0 Å². The Kier molecular flexibility index (Phi) is 10.9. The number of nitrogens with one attached hydrogen (secondary N) is 1. The molecule has 1 N–H and O–H groups in total. The van der Waals surface area contributed by atoms with Gasteiger partial charge in [0, 0.05) is 31.8 Å². The summed E-state index contributed by atoms with van der Waals surface area (Å²) in [7, 11) is 2.24. The first kappa shape index (κ1) is 16.9. The summed E-state index contributed by atoms with van der Waals surface area (Å²) >= 11 is 0. The van der Waals surface area contributed by atoms with E-state index in [2.05, 4.69) is 38.0 Å². The molecule has 0 aliphatic rings. The SMILES string of the molecule is CCOCCCNCC(C)N(C)C(CC)CC. The average Bonchev–Trinajstić information content (AvgIpc) is 2.34. The number of hydrogen-bond donors (Lipinski definition) is 1. The second-order valence-corrected chi connectivity index (χ2v) is 4.74. The van der Waals surface area contributed by atoms with Gasteiger partial charge < -0.3 is 10.1 Å². The molecule has 0 aromatic carbocycles. The highest BCUT2D eigenvalue weighted by molar-refractivity contribution is 4.73. The first-order chi connectivity index (χ1) is 8.17. The van der Waals surface area contributed by atoms with Crippen molar-refractivity contribution in [1.29, 1.82) is 0 Å². The van der Waals surface area contributed by atoms with Crippen LogP contribution in [0.1, 0.15) is 47.0 Å². The Morgan fingerprint density at radius 2 is 1.82 bits per heavy atom. The summed E-state index contributed by atoms with van der Waals surface area (Å²) < 4.78 is 5.31. The molecule has 104 valence electrons. The van der Waals surface area contributed by atoms with Gasteiger partial charge in [0.2, 0.25) is 0 Å². The van der Waals surface area contributed by atoms with E-state index in [9.17, 15) is 0 Å². The topological polar surface area (TPSA) is 24.5 Å². The third-order valence-electron chi connectivity index (χ3n) is 3.50. The zero-order chi connectivity index (χ0) is 13.1. The third-order valence-corrected chi connectivity index (χ3v) is 3.50. The standard InChI is InChI=1S/C14H32N2O/c1-6-14(7-2)16(5)13(4)12-15-10-9-11-17-8-3/h13-15H,6-12H2,1-5H3. The summed E-state index contributed by atoms with van der Waals surface area (Å²) in [4.78, 5) is 2.50. The summed E-state index contributed by atoms with van der Waals surface area (Å²) in [5, 5.41) is 3.51. The van der Waals surface area contributed by atoms with Gasteiger partial charge in [-0.25, -0.2) is 0 Å². The van der Waals surface area contributed by atoms with Crippen molar-refractivity contribution in [3.05, 3.63) is 0 Å². The van der Waals surface area contributed by atoms with Crippen molar-refractivity contribution in [2.75, 3.05) is 33.4 Å². The minimum Gasteiger partial charge on any atom is -0.382 e. The molecule has 3 heteroatoms. The van der Waals surface area contributed by atoms with Crippen LogP contribution in [0.25, 0.3) is 0 Å². The molecule has 3 nitrogen and oxygen atoms in total. The van der Waals surface area contributed by atoms with E-state index >= 15 is 0 Å². The van der Waals surface area contributed by atoms with Crippen LogP contribution >= 0.6 is 0 Å². The molecule has 0 aromatic heterocycles. The summed E-state index contributed by atoms with van der Waals surface area (Å²) in [6, 6.07) is 1.32. The first-order valence-corrected chi connectivity index (χ1v) is 7.17. The molecule has 0 aliphatic carbocycles. The molecule has 1 atom stereocenters. The fourth-order valence-electron chi connectivity index (χ4n) is 2.12. The Bertz CT molecular complexity index is 160. The molecular weight excluding hydrogens is 212 g/mol. The van der Waals surface area contributed by atoms with Crippen LogP contribution in [0, 0.1) is 0 Å². The molecule has 0 bridgehead atoms. The number of likely N-dealkylation sites (N-methyl/N-ethyl adjacent to an activating group) is 1. The van der Waals surface area contributed by atoms with Crippen LogP contribution in [0.4, 0.5) is 0 Å². The molecule has 0 saturated carbocycles. The van der Waals surface area contributed by atoms with Crippen LogP contribution < -0.4 is 5.32 Å². The highest BCUT2D eigenvalue weighted by atomic mass is 16.5. The third kappa shape index (κ3) is 7.74. The van der Waals surface area contributed by atoms with Crippen molar-refractivity contribution in [1.82, 2.24) is 10.2 Å². The van der Waals surface area contributed by atoms with E-state index in [0.717, 1.165) is 38.8 Å². The van der Waals surface area contributed by atoms with Gasteiger partial charge in [0.05, 0.1) is 0 Å². The van der Waals surface area contributed by atoms with Crippen molar-refractivity contribution in [2.24, 2.45) is 0 Å². The Morgan fingerprint density at radius 3 is 2.35 bits per heavy atom. The fourth-order valence-corrected chi connectivity index (χ4v) is 2.12. The molecule has 1 unspecified atom stereocenters. The monoisotopic (exact) mass is 244 g/mol. The predicted molar refractivity (Wildman–Crippen MR) is 75.6 cm³/mol. The quantitative estimate of drug-likeness (QED) is 0.565. The maximum Gasteiger partial charge on any atom is 0.0477 e. The summed E-state index contributed by atoms with van der Waals surface area (Å²) in [6.07, 6.45) is 3.58. The summed E-state index contributed by atoms with van der Waals surface area (Å²) in [5.74, 6) is 0. The first-order valence-electron chi connectivity index (χ1n) is 7.17. The predicted octanol–water partition coefficient (Wildman–Crippen LogP) is 2.51. The Morgan fingerprint density at radius 1 is 1.18 bits per heavy atom. The van der Waals surface area contributed by atoms with E-state index in [1.54, 1.807) is 0 Å². The van der Waals surface area contributed by atoms with E-state index in [-0.39, 0.29) is 0 Å². The van der Waals surface area contributed by atoms with Crippen LogP contribution in [-0.4, -0.2) is 50.3 Å². The van der Waals surface area contributed by atoms with Crippen LogP contribution in [-0.2, 0) is 4.74 Å². The number of ether oxygens (including phenoxy) is 1. The zero-order valence-corrected chi connectivity index (χ0v) is 12.5. The molecular formula is C14H32N2O. The number of hydrogen-bond acceptors (Lipinski definition) is 3. The molecule has 0 saturated heterocycles. The number of rotatable bonds is 11. The maximum absolute atomic E-state index is 5.31. The second kappa shape index (κ2) is 11.0. The summed E-state index contributed by atoms with van der Waals surface area (Å²) in [6.45, 7) is 12.7. The fraction of sp³-hybridized carbons (Fsp3) is 1.00. The lowest BCUT2D eigenvalue weighted by Gasteiger charge is -2.32. The van der Waals surface area contributed by atoms with Gasteiger partial charge in [0.1, 0.15) is 0 Å². The average molecular weight is 244 g/mol. The molecule has 0 amide bonds. The number of nitrogens with zero attached hydrogens (tertiary/aromatic N) is 1. The van der Waals surface area contributed by atoms with Crippen molar-refractivity contribution in [3.8, 4) is 0 Å². The van der Waals surface area contributed by atoms with Crippen molar-refractivity contribution < 1.29 is 4.74 Å². The molecule has 0 aromatic rings. The van der Waals surface area contributed by atoms with Crippen LogP contribution in [0.2, 0.25) is 0 Å². The van der Waals surface area contributed by atoms with Gasteiger partial charge >= 0.3 is 0 Å². The van der Waals surface area contributed by atoms with Crippen molar-refractivity contribution in [2.45, 2.75) is 59.0 Å². The molecule has 0 spiro atoms. The van der Waals surface area contributed by atoms with E-state index < -0.39 is 0 Å². The lowest BCUT2D eigenvalue weighted by molar-refractivity contribution is 0.142. The Hall–Kier alpha value is -0.120. The maximum atomic E-state index is 5.31. The van der Waals surface area contributed by atoms with Gasteiger partial charge in [-0.1, -0.05) is 13.8 Å². The highest BCUT2D eigenvalue weighted by Crippen LogP contribution is 2.09. The Labute approximate surface area is 108 Å². The van der Waals surface area contributed by atoms with E-state index in [4.69, 9.17) is 4.74 Å². The second-order valence-electron chi connectivity index (χ2n) is 4.74. The molecule has 0 radical (unpaired) electrons. The highest BCUT2D eigenvalue weighted by Gasteiger charge is 2.15.